The van der Waals surface area contributed by atoms with Crippen molar-refractivity contribution in [1.82, 2.24) is 5.32 Å². The zero-order chi connectivity index (χ0) is 11.1. The van der Waals surface area contributed by atoms with Crippen LogP contribution in [0.5, 0.6) is 0 Å². The molecule has 0 aliphatic carbocycles. The molecule has 0 saturated heterocycles. The number of hydrogen-bond donors (Lipinski definition) is 2. The van der Waals surface area contributed by atoms with E-state index in [1.807, 2.05) is 31.2 Å². The van der Waals surface area contributed by atoms with Gasteiger partial charge >= 0.3 is 0 Å². The van der Waals surface area contributed by atoms with Gasteiger partial charge in [0.1, 0.15) is 0 Å². The Morgan fingerprint density at radius 3 is 2.93 bits per heavy atom. The predicted octanol–water partition coefficient (Wildman–Crippen LogP) is 1.73. The number of rotatable bonds is 5. The molecule has 0 heterocycles. The maximum absolute atomic E-state index is 11.3. The molecule has 0 bridgehead atoms. The van der Waals surface area contributed by atoms with E-state index < -0.39 is 0 Å². The van der Waals surface area contributed by atoms with Crippen LogP contribution in [0.2, 0.25) is 0 Å². The third-order valence-corrected chi connectivity index (χ3v) is 2.16. The number of aryl methyl sites for hydroxylation is 1. The molecule has 0 fully saturated rings. The molecule has 1 rings (SSSR count). The molecule has 0 unspecified atom stereocenters. The quantitative estimate of drug-likeness (QED) is 0.721. The minimum atomic E-state index is 0.110. The number of nitrogens with one attached hydrogen (secondary N) is 1. The van der Waals surface area contributed by atoms with Crippen LogP contribution in [0, 0.1) is 0 Å². The van der Waals surface area contributed by atoms with Crippen molar-refractivity contribution < 1.29 is 4.79 Å². The zero-order valence-corrected chi connectivity index (χ0v) is 9.12. The maximum Gasteiger partial charge on any atom is 0.220 e. The van der Waals surface area contributed by atoms with Crippen LogP contribution in [0.4, 0.5) is 5.69 Å². The van der Waals surface area contributed by atoms with Crippen LogP contribution in [-0.2, 0) is 11.2 Å². The Kier molecular flexibility index (Phi) is 4.68. The summed E-state index contributed by atoms with van der Waals surface area (Å²) < 4.78 is 0. The topological polar surface area (TPSA) is 55.1 Å². The molecule has 0 saturated carbocycles. The average molecular weight is 206 g/mol. The lowest BCUT2D eigenvalue weighted by Gasteiger charge is -2.04. The molecule has 0 aliphatic heterocycles. The molecule has 15 heavy (non-hydrogen) atoms. The molecule has 1 amide bonds. The van der Waals surface area contributed by atoms with E-state index in [9.17, 15) is 4.79 Å². The highest BCUT2D eigenvalue weighted by Gasteiger charge is 2.00. The van der Waals surface area contributed by atoms with Crippen molar-refractivity contribution in [2.24, 2.45) is 0 Å². The number of anilines is 1. The Labute approximate surface area is 90.7 Å². The molecule has 0 spiro atoms. The number of nitrogens with two attached hydrogens (primary N) is 1. The van der Waals surface area contributed by atoms with E-state index >= 15 is 0 Å². The Morgan fingerprint density at radius 1 is 1.47 bits per heavy atom. The minimum Gasteiger partial charge on any atom is -0.399 e. The summed E-state index contributed by atoms with van der Waals surface area (Å²) in [5.74, 6) is 0.110. The van der Waals surface area contributed by atoms with Crippen molar-refractivity contribution in [1.29, 1.82) is 0 Å². The van der Waals surface area contributed by atoms with Gasteiger partial charge in [0, 0.05) is 18.7 Å². The van der Waals surface area contributed by atoms with E-state index in [1.165, 1.54) is 0 Å². The van der Waals surface area contributed by atoms with Crippen molar-refractivity contribution in [3.05, 3.63) is 29.8 Å². The van der Waals surface area contributed by atoms with Crippen LogP contribution in [-0.4, -0.2) is 12.5 Å². The fraction of sp³-hybridized carbons (Fsp3) is 0.417. The summed E-state index contributed by atoms with van der Waals surface area (Å²) in [6.07, 6.45) is 2.26. The first-order valence-corrected chi connectivity index (χ1v) is 5.33. The van der Waals surface area contributed by atoms with Crippen LogP contribution < -0.4 is 11.1 Å². The van der Waals surface area contributed by atoms with Crippen LogP contribution in [0.15, 0.2) is 24.3 Å². The van der Waals surface area contributed by atoms with Gasteiger partial charge in [0.05, 0.1) is 0 Å². The summed E-state index contributed by atoms with van der Waals surface area (Å²) in [6.45, 7) is 2.80. The fourth-order valence-electron chi connectivity index (χ4n) is 1.36. The highest BCUT2D eigenvalue weighted by Crippen LogP contribution is 2.08. The number of amides is 1. The van der Waals surface area contributed by atoms with E-state index in [4.69, 9.17) is 5.73 Å². The average Bonchev–Trinajstić information content (AvgIpc) is 2.23. The van der Waals surface area contributed by atoms with Crippen LogP contribution in [0.3, 0.4) is 0 Å². The molecular formula is C12H18N2O. The largest absolute Gasteiger partial charge is 0.399 e. The molecule has 0 atom stereocenters. The molecule has 3 nitrogen and oxygen atoms in total. The summed E-state index contributed by atoms with van der Waals surface area (Å²) in [4.78, 5) is 11.3. The van der Waals surface area contributed by atoms with Gasteiger partial charge in [-0.25, -0.2) is 0 Å². The summed E-state index contributed by atoms with van der Waals surface area (Å²) in [5.41, 5.74) is 7.51. The second-order valence-corrected chi connectivity index (χ2v) is 3.59. The maximum atomic E-state index is 11.3. The third kappa shape index (κ3) is 4.49. The Hall–Kier alpha value is -1.51. The van der Waals surface area contributed by atoms with Gasteiger partial charge in [0.2, 0.25) is 5.91 Å². The Bertz CT molecular complexity index is 323. The van der Waals surface area contributed by atoms with Crippen molar-refractivity contribution in [2.75, 3.05) is 12.3 Å². The minimum absolute atomic E-state index is 0.110. The fourth-order valence-corrected chi connectivity index (χ4v) is 1.36. The number of carbonyl (C=O) groups excluding carboxylic acids is 1. The monoisotopic (exact) mass is 206 g/mol. The van der Waals surface area contributed by atoms with Crippen molar-refractivity contribution in [3.63, 3.8) is 0 Å². The standard InChI is InChI=1S/C12H18N2O/c1-2-8-14-12(15)7-6-10-4-3-5-11(13)9-10/h3-5,9H,2,6-8,13H2,1H3,(H,14,15). The molecule has 0 radical (unpaired) electrons. The molecule has 3 N–H and O–H groups in total. The van der Waals surface area contributed by atoms with Crippen LogP contribution in [0.1, 0.15) is 25.3 Å². The second-order valence-electron chi connectivity index (χ2n) is 3.59. The van der Waals surface area contributed by atoms with E-state index in [0.717, 1.165) is 30.6 Å². The highest BCUT2D eigenvalue weighted by atomic mass is 16.1. The molecular weight excluding hydrogens is 188 g/mol. The van der Waals surface area contributed by atoms with Gasteiger partial charge in [-0.2, -0.15) is 0 Å². The molecule has 1 aromatic rings. The third-order valence-electron chi connectivity index (χ3n) is 2.16. The van der Waals surface area contributed by atoms with Crippen LogP contribution in [0.25, 0.3) is 0 Å². The summed E-state index contributed by atoms with van der Waals surface area (Å²) in [7, 11) is 0. The van der Waals surface area contributed by atoms with E-state index in [-0.39, 0.29) is 5.91 Å². The van der Waals surface area contributed by atoms with E-state index in [0.29, 0.717) is 6.42 Å². The van der Waals surface area contributed by atoms with Gasteiger partial charge in [-0.15, -0.1) is 0 Å². The van der Waals surface area contributed by atoms with Crippen molar-refractivity contribution in [3.8, 4) is 0 Å². The lowest BCUT2D eigenvalue weighted by Crippen LogP contribution is -2.24. The smallest absolute Gasteiger partial charge is 0.220 e. The normalized spacial score (nSPS) is 9.93. The molecule has 1 aromatic carbocycles. The molecule has 3 heteroatoms. The summed E-state index contributed by atoms with van der Waals surface area (Å²) >= 11 is 0. The second kappa shape index (κ2) is 6.06. The molecule has 0 aromatic heterocycles. The number of carbonyl (C=O) groups is 1. The number of benzene rings is 1. The molecule has 82 valence electrons. The number of hydrogen-bond acceptors (Lipinski definition) is 2. The van der Waals surface area contributed by atoms with Gasteiger partial charge < -0.3 is 11.1 Å². The lowest BCUT2D eigenvalue weighted by atomic mass is 10.1. The Balaban J connectivity index is 2.33. The highest BCUT2D eigenvalue weighted by molar-refractivity contribution is 5.76. The van der Waals surface area contributed by atoms with Gasteiger partial charge in [-0.3, -0.25) is 4.79 Å². The van der Waals surface area contributed by atoms with Crippen molar-refractivity contribution >= 4 is 11.6 Å². The van der Waals surface area contributed by atoms with Gasteiger partial charge in [-0.1, -0.05) is 19.1 Å². The number of nitrogen functional groups attached to an aromatic ring is 1. The lowest BCUT2D eigenvalue weighted by molar-refractivity contribution is -0.121. The van der Waals surface area contributed by atoms with E-state index in [2.05, 4.69) is 5.32 Å². The van der Waals surface area contributed by atoms with Gasteiger partial charge in [0.25, 0.3) is 0 Å². The van der Waals surface area contributed by atoms with Gasteiger partial charge in [-0.05, 0) is 30.5 Å². The van der Waals surface area contributed by atoms with E-state index in [1.54, 1.807) is 0 Å². The Morgan fingerprint density at radius 2 is 2.27 bits per heavy atom. The molecule has 0 aliphatic rings. The van der Waals surface area contributed by atoms with Crippen molar-refractivity contribution in [2.45, 2.75) is 26.2 Å². The first-order chi connectivity index (χ1) is 7.22. The first-order valence-electron chi connectivity index (χ1n) is 5.33. The van der Waals surface area contributed by atoms with Gasteiger partial charge in [0.15, 0.2) is 0 Å². The summed E-state index contributed by atoms with van der Waals surface area (Å²) in [6, 6.07) is 7.66. The predicted molar refractivity (Wildman–Crippen MR) is 62.5 cm³/mol. The first kappa shape index (κ1) is 11.6. The zero-order valence-electron chi connectivity index (χ0n) is 9.12. The summed E-state index contributed by atoms with van der Waals surface area (Å²) in [5, 5.41) is 2.85. The SMILES string of the molecule is CCCNC(=O)CCc1cccc(N)c1. The van der Waals surface area contributed by atoms with Crippen LogP contribution >= 0.6 is 0 Å².